The molecule has 1 aliphatic carbocycles. The van der Waals surface area contributed by atoms with Gasteiger partial charge in [0.15, 0.2) is 0 Å². The number of nitrogens with zero attached hydrogens (tertiary/aromatic N) is 3. The fourth-order valence-electron chi connectivity index (χ4n) is 3.57. The number of rotatable bonds is 7. The number of hydrogen-bond acceptors (Lipinski definition) is 4. The molecule has 1 fully saturated rings. The Balaban J connectivity index is 1.45. The van der Waals surface area contributed by atoms with Crippen molar-refractivity contribution in [1.29, 1.82) is 0 Å². The highest BCUT2D eigenvalue weighted by atomic mass is 35.5. The first-order chi connectivity index (χ1) is 12.5. The van der Waals surface area contributed by atoms with Crippen LogP contribution >= 0.6 is 11.6 Å². The van der Waals surface area contributed by atoms with Crippen LogP contribution in [0, 0.1) is 5.92 Å². The van der Waals surface area contributed by atoms with Crippen molar-refractivity contribution in [3.63, 3.8) is 0 Å². The van der Waals surface area contributed by atoms with Gasteiger partial charge in [0.25, 0.3) is 0 Å². The second-order valence-corrected chi connectivity index (χ2v) is 7.55. The zero-order valence-electron chi connectivity index (χ0n) is 14.9. The van der Waals surface area contributed by atoms with Crippen LogP contribution in [0.15, 0.2) is 42.7 Å². The van der Waals surface area contributed by atoms with Gasteiger partial charge in [-0.3, -0.25) is 14.4 Å². The van der Waals surface area contributed by atoms with E-state index in [1.165, 1.54) is 5.56 Å². The summed E-state index contributed by atoms with van der Waals surface area (Å²) >= 11 is 5.88. The van der Waals surface area contributed by atoms with Gasteiger partial charge in [0, 0.05) is 19.3 Å². The topological polar surface area (TPSA) is 70.4 Å². The number of amides is 1. The molecule has 3 rings (SSSR count). The molecule has 7 heteroatoms. The molecule has 26 heavy (non-hydrogen) atoms. The summed E-state index contributed by atoms with van der Waals surface area (Å²) in [6.07, 6.45) is 4.26. The summed E-state index contributed by atoms with van der Waals surface area (Å²) in [6.45, 7) is 1.71. The zero-order valence-corrected chi connectivity index (χ0v) is 15.6. The van der Waals surface area contributed by atoms with Crippen LogP contribution in [0.1, 0.15) is 18.4 Å². The lowest BCUT2D eigenvalue weighted by Crippen LogP contribution is -2.44. The van der Waals surface area contributed by atoms with Crippen molar-refractivity contribution >= 4 is 17.5 Å². The first kappa shape index (κ1) is 18.9. The first-order valence-electron chi connectivity index (χ1n) is 8.87. The molecule has 1 aliphatic rings. The van der Waals surface area contributed by atoms with Crippen LogP contribution in [0.4, 0.5) is 0 Å². The van der Waals surface area contributed by atoms with Gasteiger partial charge < -0.3 is 10.4 Å². The molecule has 0 aliphatic heterocycles. The van der Waals surface area contributed by atoms with Crippen molar-refractivity contribution in [2.24, 2.45) is 5.92 Å². The molecule has 1 heterocycles. The fraction of sp³-hybridized carbons (Fsp3) is 0.474. The maximum Gasteiger partial charge on any atom is 0.234 e. The molecule has 1 unspecified atom stereocenters. The Morgan fingerprint density at radius 2 is 2.15 bits per heavy atom. The minimum atomic E-state index is -0.519. The molecule has 0 radical (unpaired) electrons. The van der Waals surface area contributed by atoms with Crippen molar-refractivity contribution in [3.05, 3.63) is 53.3 Å². The second-order valence-electron chi connectivity index (χ2n) is 7.12. The number of hydrogen-bond donors (Lipinski definition) is 2. The number of aliphatic hydroxyl groups excluding tert-OH is 1. The van der Waals surface area contributed by atoms with E-state index in [9.17, 15) is 9.90 Å². The lowest BCUT2D eigenvalue weighted by molar-refractivity contribution is -0.123. The van der Waals surface area contributed by atoms with E-state index in [1.807, 2.05) is 42.3 Å². The summed E-state index contributed by atoms with van der Waals surface area (Å²) in [6, 6.07) is 9.84. The SMILES string of the molecule is CN(CC(=O)N[C@@H]1CC(Cn2cc(Cl)cn2)C[C@H]1O)Cc1ccccc1. The minimum Gasteiger partial charge on any atom is -0.391 e. The Kier molecular flexibility index (Phi) is 6.29. The van der Waals surface area contributed by atoms with Crippen molar-refractivity contribution in [2.45, 2.75) is 38.1 Å². The number of benzene rings is 1. The third kappa shape index (κ3) is 5.30. The molecule has 0 saturated heterocycles. The molecular weight excluding hydrogens is 352 g/mol. The Hall–Kier alpha value is -1.89. The third-order valence-corrected chi connectivity index (χ3v) is 4.92. The van der Waals surface area contributed by atoms with E-state index in [0.29, 0.717) is 31.1 Å². The standard InChI is InChI=1S/C19H25ClN4O2/c1-23(10-14-5-3-2-4-6-14)13-19(26)22-17-7-15(8-18(17)25)11-24-12-16(20)9-21-24/h2-6,9,12,15,17-18,25H,7-8,10-11,13H2,1H3,(H,22,26)/t15?,17-,18-/m1/s1. The van der Waals surface area contributed by atoms with Gasteiger partial charge in [-0.25, -0.2) is 0 Å². The van der Waals surface area contributed by atoms with Crippen molar-refractivity contribution in [3.8, 4) is 0 Å². The van der Waals surface area contributed by atoms with Crippen molar-refractivity contribution < 1.29 is 9.90 Å². The normalized spacial score (nSPS) is 22.7. The molecule has 1 aromatic carbocycles. The number of likely N-dealkylation sites (N-methyl/N-ethyl adjacent to an activating group) is 1. The lowest BCUT2D eigenvalue weighted by atomic mass is 10.1. The lowest BCUT2D eigenvalue weighted by Gasteiger charge is -2.20. The summed E-state index contributed by atoms with van der Waals surface area (Å²) in [5, 5.41) is 18.0. The van der Waals surface area contributed by atoms with E-state index in [2.05, 4.69) is 10.4 Å². The van der Waals surface area contributed by atoms with E-state index in [0.717, 1.165) is 6.42 Å². The van der Waals surface area contributed by atoms with Crippen LogP contribution in [-0.4, -0.2) is 51.4 Å². The van der Waals surface area contributed by atoms with E-state index in [1.54, 1.807) is 17.1 Å². The Morgan fingerprint density at radius 3 is 2.85 bits per heavy atom. The molecule has 1 amide bonds. The van der Waals surface area contributed by atoms with E-state index in [-0.39, 0.29) is 17.9 Å². The minimum absolute atomic E-state index is 0.0599. The number of halogens is 1. The van der Waals surface area contributed by atoms with Crippen molar-refractivity contribution in [2.75, 3.05) is 13.6 Å². The smallest absolute Gasteiger partial charge is 0.234 e. The highest BCUT2D eigenvalue weighted by molar-refractivity contribution is 6.30. The molecule has 2 aromatic rings. The number of carbonyl (C=O) groups excluding carboxylic acids is 1. The zero-order chi connectivity index (χ0) is 18.5. The maximum atomic E-state index is 12.3. The summed E-state index contributed by atoms with van der Waals surface area (Å²) in [5.74, 6) is 0.212. The van der Waals surface area contributed by atoms with Gasteiger partial charge in [-0.1, -0.05) is 41.9 Å². The highest BCUT2D eigenvalue weighted by Crippen LogP contribution is 2.27. The fourth-order valence-corrected chi connectivity index (χ4v) is 3.73. The van der Waals surface area contributed by atoms with Gasteiger partial charge in [-0.15, -0.1) is 0 Å². The molecule has 0 bridgehead atoms. The highest BCUT2D eigenvalue weighted by Gasteiger charge is 2.34. The molecular formula is C19H25ClN4O2. The van der Waals surface area contributed by atoms with Crippen LogP contribution in [0.5, 0.6) is 0 Å². The Morgan fingerprint density at radius 1 is 1.38 bits per heavy atom. The molecule has 2 N–H and O–H groups in total. The monoisotopic (exact) mass is 376 g/mol. The summed E-state index contributed by atoms with van der Waals surface area (Å²) in [4.78, 5) is 14.3. The first-order valence-corrected chi connectivity index (χ1v) is 9.25. The van der Waals surface area contributed by atoms with Crippen molar-refractivity contribution in [1.82, 2.24) is 20.0 Å². The number of carbonyl (C=O) groups is 1. The predicted octanol–water partition coefficient (Wildman–Crippen LogP) is 1.92. The van der Waals surface area contributed by atoms with E-state index in [4.69, 9.17) is 11.6 Å². The third-order valence-electron chi connectivity index (χ3n) is 4.73. The van der Waals surface area contributed by atoms with Crippen LogP contribution in [0.2, 0.25) is 5.02 Å². The van der Waals surface area contributed by atoms with Crippen LogP contribution < -0.4 is 5.32 Å². The molecule has 1 saturated carbocycles. The maximum absolute atomic E-state index is 12.3. The summed E-state index contributed by atoms with van der Waals surface area (Å²) in [7, 11) is 1.92. The van der Waals surface area contributed by atoms with Crippen LogP contribution in [0.3, 0.4) is 0 Å². The van der Waals surface area contributed by atoms with Crippen LogP contribution in [-0.2, 0) is 17.9 Å². The van der Waals surface area contributed by atoms with Gasteiger partial charge >= 0.3 is 0 Å². The summed E-state index contributed by atoms with van der Waals surface area (Å²) < 4.78 is 1.79. The molecule has 140 valence electrons. The quantitative estimate of drug-likeness (QED) is 0.774. The molecule has 0 spiro atoms. The van der Waals surface area contributed by atoms with Gasteiger partial charge in [0.05, 0.1) is 29.9 Å². The predicted molar refractivity (Wildman–Crippen MR) is 101 cm³/mol. The number of aliphatic hydroxyl groups is 1. The van der Waals surface area contributed by atoms with Gasteiger partial charge in [0.2, 0.25) is 5.91 Å². The average Bonchev–Trinajstić information content (AvgIpc) is 3.14. The number of nitrogens with one attached hydrogen (secondary N) is 1. The van der Waals surface area contributed by atoms with E-state index < -0.39 is 6.10 Å². The Bertz CT molecular complexity index is 721. The molecule has 1 aromatic heterocycles. The number of aromatic nitrogens is 2. The van der Waals surface area contributed by atoms with Gasteiger partial charge in [0.1, 0.15) is 0 Å². The van der Waals surface area contributed by atoms with Crippen LogP contribution in [0.25, 0.3) is 0 Å². The van der Waals surface area contributed by atoms with E-state index >= 15 is 0 Å². The summed E-state index contributed by atoms with van der Waals surface area (Å²) in [5.41, 5.74) is 1.17. The molecule has 6 nitrogen and oxygen atoms in total. The van der Waals surface area contributed by atoms with Gasteiger partial charge in [-0.2, -0.15) is 5.10 Å². The van der Waals surface area contributed by atoms with Gasteiger partial charge in [-0.05, 0) is 31.4 Å². The average molecular weight is 377 g/mol. The second kappa shape index (κ2) is 8.66. The molecule has 3 atom stereocenters. The largest absolute Gasteiger partial charge is 0.391 e. The Labute approximate surface area is 158 Å².